The van der Waals surface area contributed by atoms with Gasteiger partial charge >= 0.3 is 5.97 Å². The molecule has 0 spiro atoms. The minimum atomic E-state index is -1.10. The molecule has 21 heavy (non-hydrogen) atoms. The quantitative estimate of drug-likeness (QED) is 0.748. The zero-order chi connectivity index (χ0) is 15.7. The Bertz CT molecular complexity index is 678. The lowest BCUT2D eigenvalue weighted by molar-refractivity contribution is 0.0698. The van der Waals surface area contributed by atoms with E-state index in [0.29, 0.717) is 17.1 Å². The Labute approximate surface area is 126 Å². The van der Waals surface area contributed by atoms with Crippen molar-refractivity contribution in [3.63, 3.8) is 0 Å². The molecule has 0 saturated carbocycles. The molecule has 112 valence electrons. The van der Waals surface area contributed by atoms with Crippen molar-refractivity contribution in [2.24, 2.45) is 0 Å². The van der Waals surface area contributed by atoms with Gasteiger partial charge in [0.05, 0.1) is 28.0 Å². The summed E-state index contributed by atoms with van der Waals surface area (Å²) in [5.74, 6) is -0.423. The van der Waals surface area contributed by atoms with Crippen LogP contribution in [0.3, 0.4) is 0 Å². The standard InChI is InChI=1S/C14H16ClN3O3/c1-6(12-7(2)18-21-8(12)3)17-13-10(14(19)20)4-9(16)5-11(13)15/h4-6,17H,16H2,1-3H3,(H,19,20). The molecule has 0 aliphatic carbocycles. The number of hydrogen-bond acceptors (Lipinski definition) is 5. The summed E-state index contributed by atoms with van der Waals surface area (Å²) < 4.78 is 5.12. The molecular weight excluding hydrogens is 294 g/mol. The Morgan fingerprint density at radius 3 is 2.67 bits per heavy atom. The number of anilines is 2. The van der Waals surface area contributed by atoms with Crippen LogP contribution in [0.2, 0.25) is 5.02 Å². The van der Waals surface area contributed by atoms with Gasteiger partial charge in [-0.05, 0) is 32.9 Å². The molecule has 2 aromatic rings. The number of rotatable bonds is 4. The predicted molar refractivity (Wildman–Crippen MR) is 80.8 cm³/mol. The van der Waals surface area contributed by atoms with Crippen LogP contribution in [0.15, 0.2) is 16.7 Å². The second kappa shape index (κ2) is 5.65. The van der Waals surface area contributed by atoms with Crippen LogP contribution in [0.25, 0.3) is 0 Å². The molecule has 1 unspecified atom stereocenters. The highest BCUT2D eigenvalue weighted by Gasteiger charge is 2.21. The van der Waals surface area contributed by atoms with Gasteiger partial charge < -0.3 is 20.7 Å². The van der Waals surface area contributed by atoms with Crippen LogP contribution in [0.4, 0.5) is 11.4 Å². The molecule has 0 aliphatic rings. The number of nitrogens with zero attached hydrogens (tertiary/aromatic N) is 1. The monoisotopic (exact) mass is 309 g/mol. The van der Waals surface area contributed by atoms with Gasteiger partial charge in [-0.3, -0.25) is 0 Å². The number of nitrogens with two attached hydrogens (primary N) is 1. The molecule has 1 atom stereocenters. The lowest BCUT2D eigenvalue weighted by Crippen LogP contribution is -2.13. The maximum absolute atomic E-state index is 11.3. The van der Waals surface area contributed by atoms with Gasteiger partial charge in [-0.1, -0.05) is 16.8 Å². The van der Waals surface area contributed by atoms with Gasteiger partial charge in [-0.25, -0.2) is 4.79 Å². The Hall–Kier alpha value is -2.21. The second-order valence-corrected chi connectivity index (χ2v) is 5.24. The lowest BCUT2D eigenvalue weighted by atomic mass is 10.1. The number of aromatic carboxylic acids is 1. The zero-order valence-electron chi connectivity index (χ0n) is 11.9. The number of halogens is 1. The summed E-state index contributed by atoms with van der Waals surface area (Å²) in [7, 11) is 0. The number of carbonyl (C=O) groups is 1. The van der Waals surface area contributed by atoms with Crippen LogP contribution in [-0.4, -0.2) is 16.2 Å². The van der Waals surface area contributed by atoms with E-state index in [1.165, 1.54) is 12.1 Å². The van der Waals surface area contributed by atoms with E-state index in [0.717, 1.165) is 11.3 Å². The number of aromatic nitrogens is 1. The highest BCUT2D eigenvalue weighted by atomic mass is 35.5. The van der Waals surface area contributed by atoms with Gasteiger partial charge in [0.25, 0.3) is 0 Å². The van der Waals surface area contributed by atoms with E-state index in [4.69, 9.17) is 21.9 Å². The number of carboxylic acids is 1. The summed E-state index contributed by atoms with van der Waals surface area (Å²) in [6.07, 6.45) is 0. The molecule has 0 aliphatic heterocycles. The third-order valence-electron chi connectivity index (χ3n) is 3.23. The van der Waals surface area contributed by atoms with Crippen molar-refractivity contribution in [3.05, 3.63) is 39.7 Å². The van der Waals surface area contributed by atoms with Crippen molar-refractivity contribution >= 4 is 28.9 Å². The highest BCUT2D eigenvalue weighted by Crippen LogP contribution is 2.33. The predicted octanol–water partition coefficient (Wildman–Crippen LogP) is 3.40. The Balaban J connectivity index is 2.42. The number of hydrogen-bond donors (Lipinski definition) is 3. The number of aryl methyl sites for hydroxylation is 2. The molecule has 1 heterocycles. The smallest absolute Gasteiger partial charge is 0.337 e. The minimum absolute atomic E-state index is 0.0265. The van der Waals surface area contributed by atoms with E-state index in [-0.39, 0.29) is 16.6 Å². The molecule has 0 fully saturated rings. The Morgan fingerprint density at radius 1 is 1.48 bits per heavy atom. The third-order valence-corrected chi connectivity index (χ3v) is 3.52. The maximum Gasteiger partial charge on any atom is 0.337 e. The summed E-state index contributed by atoms with van der Waals surface area (Å²) in [5.41, 5.74) is 7.91. The van der Waals surface area contributed by atoms with Crippen LogP contribution >= 0.6 is 11.6 Å². The Morgan fingerprint density at radius 2 is 2.14 bits per heavy atom. The number of carboxylic acid groups (broad SMARTS) is 1. The van der Waals surface area contributed by atoms with Crippen LogP contribution in [-0.2, 0) is 0 Å². The molecule has 2 rings (SSSR count). The topological polar surface area (TPSA) is 101 Å². The van der Waals surface area contributed by atoms with Crippen molar-refractivity contribution in [3.8, 4) is 0 Å². The molecule has 0 bridgehead atoms. The van der Waals surface area contributed by atoms with Gasteiger partial charge in [-0.2, -0.15) is 0 Å². The average Bonchev–Trinajstić information content (AvgIpc) is 2.71. The number of nitrogen functional groups attached to an aromatic ring is 1. The number of benzene rings is 1. The van der Waals surface area contributed by atoms with Gasteiger partial charge in [0, 0.05) is 11.3 Å². The van der Waals surface area contributed by atoms with Crippen LogP contribution in [0, 0.1) is 13.8 Å². The van der Waals surface area contributed by atoms with Crippen molar-refractivity contribution in [1.82, 2.24) is 5.16 Å². The van der Waals surface area contributed by atoms with Crippen LogP contribution in [0.5, 0.6) is 0 Å². The molecule has 1 aromatic carbocycles. The van der Waals surface area contributed by atoms with Crippen molar-refractivity contribution < 1.29 is 14.4 Å². The first kappa shape index (κ1) is 15.2. The van der Waals surface area contributed by atoms with Crippen molar-refractivity contribution in [2.75, 3.05) is 11.1 Å². The highest BCUT2D eigenvalue weighted by molar-refractivity contribution is 6.34. The SMILES string of the molecule is Cc1noc(C)c1C(C)Nc1c(Cl)cc(N)cc1C(=O)O. The summed E-state index contributed by atoms with van der Waals surface area (Å²) in [6, 6.07) is 2.67. The fourth-order valence-corrected chi connectivity index (χ4v) is 2.62. The normalized spacial score (nSPS) is 12.2. The van der Waals surface area contributed by atoms with E-state index in [9.17, 15) is 9.90 Å². The maximum atomic E-state index is 11.3. The first-order valence-electron chi connectivity index (χ1n) is 6.33. The summed E-state index contributed by atoms with van der Waals surface area (Å²) >= 11 is 6.12. The summed E-state index contributed by atoms with van der Waals surface area (Å²) in [5, 5.41) is 16.5. The van der Waals surface area contributed by atoms with Crippen molar-refractivity contribution in [1.29, 1.82) is 0 Å². The van der Waals surface area contributed by atoms with Crippen LogP contribution < -0.4 is 11.1 Å². The lowest BCUT2D eigenvalue weighted by Gasteiger charge is -2.18. The largest absolute Gasteiger partial charge is 0.478 e. The van der Waals surface area contributed by atoms with Gasteiger partial charge in [0.1, 0.15) is 5.76 Å². The van der Waals surface area contributed by atoms with Gasteiger partial charge in [-0.15, -0.1) is 0 Å². The van der Waals surface area contributed by atoms with E-state index in [1.807, 2.05) is 13.8 Å². The zero-order valence-corrected chi connectivity index (χ0v) is 12.7. The number of nitrogens with one attached hydrogen (secondary N) is 1. The van der Waals surface area contributed by atoms with E-state index in [2.05, 4.69) is 10.5 Å². The first-order valence-corrected chi connectivity index (χ1v) is 6.70. The molecular formula is C14H16ClN3O3. The minimum Gasteiger partial charge on any atom is -0.478 e. The van der Waals surface area contributed by atoms with Gasteiger partial charge in [0.15, 0.2) is 0 Å². The first-order chi connectivity index (χ1) is 9.81. The van der Waals surface area contributed by atoms with Gasteiger partial charge in [0.2, 0.25) is 0 Å². The summed E-state index contributed by atoms with van der Waals surface area (Å²) in [4.78, 5) is 11.3. The Kier molecular flexibility index (Phi) is 4.09. The third kappa shape index (κ3) is 2.95. The fraction of sp³-hybridized carbons (Fsp3) is 0.286. The summed E-state index contributed by atoms with van der Waals surface area (Å²) in [6.45, 7) is 5.51. The average molecular weight is 310 g/mol. The van der Waals surface area contributed by atoms with E-state index in [1.54, 1.807) is 6.92 Å². The molecule has 1 aromatic heterocycles. The molecule has 0 amide bonds. The molecule has 0 radical (unpaired) electrons. The molecule has 0 saturated heterocycles. The fourth-order valence-electron chi connectivity index (χ4n) is 2.34. The second-order valence-electron chi connectivity index (χ2n) is 4.83. The molecule has 6 nitrogen and oxygen atoms in total. The van der Waals surface area contributed by atoms with E-state index >= 15 is 0 Å². The molecule has 7 heteroatoms. The molecule has 4 N–H and O–H groups in total. The van der Waals surface area contributed by atoms with Crippen LogP contribution in [0.1, 0.15) is 40.3 Å². The van der Waals surface area contributed by atoms with E-state index < -0.39 is 5.97 Å². The van der Waals surface area contributed by atoms with Crippen molar-refractivity contribution in [2.45, 2.75) is 26.8 Å².